The van der Waals surface area contributed by atoms with Gasteiger partial charge in [0.25, 0.3) is 0 Å². The number of hydrogen-bond acceptors (Lipinski definition) is 6. The summed E-state index contributed by atoms with van der Waals surface area (Å²) in [7, 11) is 0. The van der Waals surface area contributed by atoms with E-state index in [9.17, 15) is 9.90 Å². The molecule has 0 amide bonds. The number of aliphatic carboxylic acids is 1. The third-order valence-electron chi connectivity index (χ3n) is 5.60. The molecule has 7 nitrogen and oxygen atoms in total. The molecule has 2 saturated heterocycles. The van der Waals surface area contributed by atoms with Crippen molar-refractivity contribution < 1.29 is 14.6 Å². The van der Waals surface area contributed by atoms with E-state index in [1.54, 1.807) is 6.20 Å². The number of carboxylic acids is 1. The highest BCUT2D eigenvalue weighted by atomic mass is 16.5. The molecule has 0 aliphatic carbocycles. The van der Waals surface area contributed by atoms with E-state index < -0.39 is 11.9 Å². The maximum Gasteiger partial charge on any atom is 0.308 e. The first kappa shape index (κ1) is 17.9. The SMILES string of the molecule is CCc1cc(N2C[C@@H](C(=O)O)[C@H](C3CCOC3)C2)nc(-c2ccccn2)n1. The van der Waals surface area contributed by atoms with Crippen LogP contribution in [-0.4, -0.2) is 52.3 Å². The topological polar surface area (TPSA) is 88.4 Å². The molecular weight excluding hydrogens is 344 g/mol. The molecule has 3 atom stereocenters. The van der Waals surface area contributed by atoms with Gasteiger partial charge >= 0.3 is 5.97 Å². The van der Waals surface area contributed by atoms with E-state index in [0.29, 0.717) is 31.4 Å². The van der Waals surface area contributed by atoms with Crippen molar-refractivity contribution in [2.24, 2.45) is 17.8 Å². The van der Waals surface area contributed by atoms with Crippen LogP contribution in [0.3, 0.4) is 0 Å². The third kappa shape index (κ3) is 3.64. The molecule has 2 aliphatic rings. The standard InChI is InChI=1S/C20H24N4O3/c1-2-14-9-18(23-19(22-14)17-5-3-4-7-21-17)24-10-15(13-6-8-27-12-13)16(11-24)20(25)26/h3-5,7,9,13,15-16H,2,6,8,10-12H2,1H3,(H,25,26)/t13?,15-,16+/m0/s1. The van der Waals surface area contributed by atoms with Crippen molar-refractivity contribution in [3.63, 3.8) is 0 Å². The quantitative estimate of drug-likeness (QED) is 0.866. The number of aromatic nitrogens is 3. The van der Waals surface area contributed by atoms with Crippen LogP contribution < -0.4 is 4.90 Å². The molecule has 2 aromatic heterocycles. The van der Waals surface area contributed by atoms with Gasteiger partial charge in [0.05, 0.1) is 5.92 Å². The Morgan fingerprint density at radius 3 is 2.89 bits per heavy atom. The summed E-state index contributed by atoms with van der Waals surface area (Å²) in [6.45, 7) is 4.60. The van der Waals surface area contributed by atoms with Gasteiger partial charge in [-0.1, -0.05) is 13.0 Å². The van der Waals surface area contributed by atoms with Gasteiger partial charge in [0.15, 0.2) is 5.82 Å². The molecule has 7 heteroatoms. The van der Waals surface area contributed by atoms with E-state index >= 15 is 0 Å². The highest BCUT2D eigenvalue weighted by molar-refractivity contribution is 5.72. The van der Waals surface area contributed by atoms with Crippen molar-refractivity contribution in [1.82, 2.24) is 15.0 Å². The second-order valence-corrected chi connectivity index (χ2v) is 7.25. The number of anilines is 1. The molecule has 142 valence electrons. The summed E-state index contributed by atoms with van der Waals surface area (Å²) in [6, 6.07) is 7.64. The zero-order valence-electron chi connectivity index (χ0n) is 15.4. The zero-order valence-corrected chi connectivity index (χ0v) is 15.4. The average molecular weight is 368 g/mol. The first-order valence-corrected chi connectivity index (χ1v) is 9.50. The van der Waals surface area contributed by atoms with E-state index in [4.69, 9.17) is 9.72 Å². The Balaban J connectivity index is 1.65. The largest absolute Gasteiger partial charge is 0.481 e. The van der Waals surface area contributed by atoms with Crippen LogP contribution in [-0.2, 0) is 16.0 Å². The maximum absolute atomic E-state index is 11.8. The molecule has 0 saturated carbocycles. The summed E-state index contributed by atoms with van der Waals surface area (Å²) in [5.74, 6) is 0.640. The number of ether oxygens (including phenoxy) is 1. The Bertz CT molecular complexity index is 808. The number of hydrogen-bond donors (Lipinski definition) is 1. The monoisotopic (exact) mass is 368 g/mol. The molecule has 0 aromatic carbocycles. The highest BCUT2D eigenvalue weighted by Gasteiger charge is 2.43. The van der Waals surface area contributed by atoms with E-state index in [1.807, 2.05) is 24.3 Å². The van der Waals surface area contributed by atoms with Gasteiger partial charge in [-0.3, -0.25) is 9.78 Å². The Kier molecular flexibility index (Phi) is 5.03. The van der Waals surface area contributed by atoms with Gasteiger partial charge < -0.3 is 14.7 Å². The summed E-state index contributed by atoms with van der Waals surface area (Å²) in [6.07, 6.45) is 3.44. The summed E-state index contributed by atoms with van der Waals surface area (Å²) in [5.41, 5.74) is 1.66. The van der Waals surface area contributed by atoms with Crippen LogP contribution in [0.1, 0.15) is 19.0 Å². The fourth-order valence-corrected chi connectivity index (χ4v) is 4.08. The number of pyridine rings is 1. The summed E-state index contributed by atoms with van der Waals surface area (Å²) in [5, 5.41) is 9.73. The lowest BCUT2D eigenvalue weighted by molar-refractivity contribution is -0.142. The summed E-state index contributed by atoms with van der Waals surface area (Å²) in [4.78, 5) is 27.6. The smallest absolute Gasteiger partial charge is 0.308 e. The lowest BCUT2D eigenvalue weighted by Crippen LogP contribution is -2.28. The van der Waals surface area contributed by atoms with Crippen molar-refractivity contribution in [2.75, 3.05) is 31.2 Å². The van der Waals surface area contributed by atoms with E-state index in [1.165, 1.54) is 0 Å². The summed E-state index contributed by atoms with van der Waals surface area (Å²) < 4.78 is 5.51. The molecule has 1 unspecified atom stereocenters. The molecule has 1 N–H and O–H groups in total. The Labute approximate surface area is 158 Å². The van der Waals surface area contributed by atoms with Gasteiger partial charge in [0.2, 0.25) is 0 Å². The van der Waals surface area contributed by atoms with Crippen molar-refractivity contribution in [2.45, 2.75) is 19.8 Å². The number of rotatable bonds is 5. The molecule has 2 aromatic rings. The van der Waals surface area contributed by atoms with Crippen LogP contribution in [0.15, 0.2) is 30.5 Å². The minimum absolute atomic E-state index is 0.0864. The second-order valence-electron chi connectivity index (χ2n) is 7.25. The fourth-order valence-electron chi connectivity index (χ4n) is 4.08. The molecule has 0 spiro atoms. The van der Waals surface area contributed by atoms with Crippen LogP contribution >= 0.6 is 0 Å². The average Bonchev–Trinajstić information content (AvgIpc) is 3.38. The normalized spacial score (nSPS) is 25.1. The zero-order chi connectivity index (χ0) is 18.8. The molecule has 4 heterocycles. The lowest BCUT2D eigenvalue weighted by Gasteiger charge is -2.21. The molecule has 0 radical (unpaired) electrons. The molecule has 0 bridgehead atoms. The predicted octanol–water partition coefficient (Wildman–Crippen LogP) is 2.27. The van der Waals surface area contributed by atoms with Crippen LogP contribution in [0.5, 0.6) is 0 Å². The third-order valence-corrected chi connectivity index (χ3v) is 5.60. The first-order valence-electron chi connectivity index (χ1n) is 9.50. The Hall–Kier alpha value is -2.54. The highest BCUT2D eigenvalue weighted by Crippen LogP contribution is 2.36. The van der Waals surface area contributed by atoms with Gasteiger partial charge in [-0.25, -0.2) is 9.97 Å². The number of carbonyl (C=O) groups is 1. The Morgan fingerprint density at radius 1 is 1.33 bits per heavy atom. The second kappa shape index (κ2) is 7.60. The minimum Gasteiger partial charge on any atom is -0.481 e. The number of aryl methyl sites for hydroxylation is 1. The molecule has 4 rings (SSSR count). The molecular formula is C20H24N4O3. The first-order chi connectivity index (χ1) is 13.2. The van der Waals surface area contributed by atoms with Crippen molar-refractivity contribution in [1.29, 1.82) is 0 Å². The molecule has 2 aliphatic heterocycles. The van der Waals surface area contributed by atoms with Gasteiger partial charge in [0, 0.05) is 44.3 Å². The van der Waals surface area contributed by atoms with Crippen molar-refractivity contribution >= 4 is 11.8 Å². The van der Waals surface area contributed by atoms with Gasteiger partial charge in [-0.15, -0.1) is 0 Å². The predicted molar refractivity (Wildman–Crippen MR) is 100 cm³/mol. The molecule has 2 fully saturated rings. The van der Waals surface area contributed by atoms with E-state index in [2.05, 4.69) is 21.8 Å². The minimum atomic E-state index is -0.732. The molecule has 27 heavy (non-hydrogen) atoms. The van der Waals surface area contributed by atoms with Crippen LogP contribution in [0.4, 0.5) is 5.82 Å². The summed E-state index contributed by atoms with van der Waals surface area (Å²) >= 11 is 0. The number of carboxylic acid groups (broad SMARTS) is 1. The van der Waals surface area contributed by atoms with Crippen molar-refractivity contribution in [3.8, 4) is 11.5 Å². The van der Waals surface area contributed by atoms with Crippen LogP contribution in [0.2, 0.25) is 0 Å². The van der Waals surface area contributed by atoms with E-state index in [0.717, 1.165) is 36.7 Å². The van der Waals surface area contributed by atoms with Crippen LogP contribution in [0, 0.1) is 17.8 Å². The van der Waals surface area contributed by atoms with Gasteiger partial charge in [-0.2, -0.15) is 0 Å². The fraction of sp³-hybridized carbons (Fsp3) is 0.500. The Morgan fingerprint density at radius 2 is 2.22 bits per heavy atom. The lowest BCUT2D eigenvalue weighted by atomic mass is 9.83. The van der Waals surface area contributed by atoms with Gasteiger partial charge in [0.1, 0.15) is 11.5 Å². The van der Waals surface area contributed by atoms with Crippen molar-refractivity contribution in [3.05, 3.63) is 36.2 Å². The van der Waals surface area contributed by atoms with Gasteiger partial charge in [-0.05, 0) is 36.8 Å². The van der Waals surface area contributed by atoms with E-state index in [-0.39, 0.29) is 5.92 Å². The maximum atomic E-state index is 11.8. The van der Waals surface area contributed by atoms with Crippen LogP contribution in [0.25, 0.3) is 11.5 Å². The number of nitrogens with zero attached hydrogens (tertiary/aromatic N) is 4.